The molecule has 0 aromatic carbocycles. The zero-order chi connectivity index (χ0) is 8.48. The number of carbonyl (C=O) groups excluding carboxylic acids is 1. The summed E-state index contributed by atoms with van der Waals surface area (Å²) in [6.07, 6.45) is 1.53. The van der Waals surface area contributed by atoms with Gasteiger partial charge < -0.3 is 10.5 Å². The molecule has 1 saturated heterocycles. The van der Waals surface area contributed by atoms with Gasteiger partial charge in [-0.3, -0.25) is 4.79 Å². The Morgan fingerprint density at radius 2 is 2.27 bits per heavy atom. The van der Waals surface area contributed by atoms with Gasteiger partial charge in [-0.25, -0.2) is 0 Å². The maximum absolute atomic E-state index is 10.8. The molecule has 64 valence electrons. The average molecular weight is 157 g/mol. The largest absolute Gasteiger partial charge is 0.376 e. The summed E-state index contributed by atoms with van der Waals surface area (Å²) in [5, 5.41) is 0. The lowest BCUT2D eigenvalue weighted by molar-refractivity contribution is -0.132. The smallest absolute Gasteiger partial charge is 0.220 e. The van der Waals surface area contributed by atoms with Crippen molar-refractivity contribution >= 4 is 5.91 Å². The molecule has 1 heterocycles. The molecule has 1 aliphatic heterocycles. The lowest BCUT2D eigenvalue weighted by Gasteiger charge is -2.33. The average Bonchev–Trinajstić information content (AvgIpc) is 1.85. The van der Waals surface area contributed by atoms with Gasteiger partial charge in [-0.15, -0.1) is 0 Å². The number of ether oxygens (including phenoxy) is 1. The predicted molar refractivity (Wildman–Crippen MR) is 41.9 cm³/mol. The van der Waals surface area contributed by atoms with Gasteiger partial charge in [0.2, 0.25) is 5.91 Å². The number of primary amides is 1. The van der Waals surface area contributed by atoms with Crippen molar-refractivity contribution in [3.8, 4) is 0 Å². The van der Waals surface area contributed by atoms with Crippen molar-refractivity contribution in [2.45, 2.75) is 32.3 Å². The van der Waals surface area contributed by atoms with E-state index in [1.54, 1.807) is 0 Å². The molecule has 0 spiro atoms. The third-order valence-electron chi connectivity index (χ3n) is 2.10. The Hall–Kier alpha value is -0.570. The number of amides is 1. The Bertz CT molecular complexity index is 165. The fourth-order valence-corrected chi connectivity index (χ4v) is 1.47. The zero-order valence-corrected chi connectivity index (χ0v) is 7.09. The lowest BCUT2D eigenvalue weighted by Crippen LogP contribution is -2.39. The van der Waals surface area contributed by atoms with Crippen LogP contribution < -0.4 is 5.73 Å². The minimum Gasteiger partial charge on any atom is -0.376 e. The van der Waals surface area contributed by atoms with E-state index >= 15 is 0 Å². The van der Waals surface area contributed by atoms with Gasteiger partial charge >= 0.3 is 0 Å². The molecular weight excluding hydrogens is 142 g/mol. The minimum atomic E-state index is -0.193. The molecule has 0 aliphatic carbocycles. The van der Waals surface area contributed by atoms with E-state index in [4.69, 9.17) is 10.5 Å². The van der Waals surface area contributed by atoms with E-state index in [1.807, 2.05) is 13.8 Å². The second kappa shape index (κ2) is 2.81. The summed E-state index contributed by atoms with van der Waals surface area (Å²) in [6, 6.07) is 0. The number of carbonyl (C=O) groups is 1. The van der Waals surface area contributed by atoms with Gasteiger partial charge in [0, 0.05) is 12.5 Å². The summed E-state index contributed by atoms with van der Waals surface area (Å²) in [4.78, 5) is 10.8. The van der Waals surface area contributed by atoms with Crippen molar-refractivity contribution in [3.63, 3.8) is 0 Å². The first kappa shape index (κ1) is 8.53. The van der Waals surface area contributed by atoms with Crippen molar-refractivity contribution in [1.82, 2.24) is 0 Å². The summed E-state index contributed by atoms with van der Waals surface area (Å²) >= 11 is 0. The Morgan fingerprint density at radius 3 is 2.64 bits per heavy atom. The molecule has 1 atom stereocenters. The number of nitrogens with two attached hydrogens (primary N) is 1. The van der Waals surface area contributed by atoms with Gasteiger partial charge in [-0.1, -0.05) is 0 Å². The SMILES string of the molecule is CC1(C)CC(C(N)=O)CCO1. The molecule has 1 aliphatic rings. The van der Waals surface area contributed by atoms with E-state index in [1.165, 1.54) is 0 Å². The molecular formula is C8H15NO2. The number of rotatable bonds is 1. The Labute approximate surface area is 66.9 Å². The number of hydrogen-bond acceptors (Lipinski definition) is 2. The predicted octanol–water partition coefficient (Wildman–Crippen LogP) is 0.677. The van der Waals surface area contributed by atoms with Crippen molar-refractivity contribution in [3.05, 3.63) is 0 Å². The van der Waals surface area contributed by atoms with E-state index in [9.17, 15) is 4.79 Å². The highest BCUT2D eigenvalue weighted by Crippen LogP contribution is 2.27. The summed E-state index contributed by atoms with van der Waals surface area (Å²) in [5.41, 5.74) is 5.03. The third kappa shape index (κ3) is 2.19. The second-order valence-corrected chi connectivity index (χ2v) is 3.70. The van der Waals surface area contributed by atoms with Crippen molar-refractivity contribution < 1.29 is 9.53 Å². The topological polar surface area (TPSA) is 52.3 Å². The Morgan fingerprint density at radius 1 is 1.64 bits per heavy atom. The summed E-state index contributed by atoms with van der Waals surface area (Å²) in [5.74, 6) is -0.180. The molecule has 0 bridgehead atoms. The van der Waals surface area contributed by atoms with Gasteiger partial charge in [-0.05, 0) is 26.7 Å². The maximum atomic E-state index is 10.8. The monoisotopic (exact) mass is 157 g/mol. The van der Waals surface area contributed by atoms with Crippen molar-refractivity contribution in [2.24, 2.45) is 11.7 Å². The summed E-state index contributed by atoms with van der Waals surface area (Å²) in [6.45, 7) is 4.63. The molecule has 0 radical (unpaired) electrons. The van der Waals surface area contributed by atoms with Gasteiger partial charge in [-0.2, -0.15) is 0 Å². The molecule has 3 nitrogen and oxygen atoms in total. The van der Waals surface area contributed by atoms with E-state index < -0.39 is 0 Å². The molecule has 0 aromatic heterocycles. The second-order valence-electron chi connectivity index (χ2n) is 3.70. The highest BCUT2D eigenvalue weighted by Gasteiger charge is 2.31. The minimum absolute atomic E-state index is 0.0127. The highest BCUT2D eigenvalue weighted by molar-refractivity contribution is 5.76. The van der Waals surface area contributed by atoms with Gasteiger partial charge in [0.1, 0.15) is 0 Å². The summed E-state index contributed by atoms with van der Waals surface area (Å²) in [7, 11) is 0. The lowest BCUT2D eigenvalue weighted by atomic mass is 9.88. The van der Waals surface area contributed by atoms with Crippen molar-refractivity contribution in [2.75, 3.05) is 6.61 Å². The van der Waals surface area contributed by atoms with Crippen LogP contribution in [-0.2, 0) is 9.53 Å². The van der Waals surface area contributed by atoms with Crippen LogP contribution in [0.5, 0.6) is 0 Å². The van der Waals surface area contributed by atoms with Gasteiger partial charge in [0.05, 0.1) is 5.60 Å². The molecule has 1 amide bonds. The molecule has 1 rings (SSSR count). The van der Waals surface area contributed by atoms with Crippen LogP contribution in [0.4, 0.5) is 0 Å². The van der Waals surface area contributed by atoms with Crippen LogP contribution >= 0.6 is 0 Å². The molecule has 11 heavy (non-hydrogen) atoms. The van der Waals surface area contributed by atoms with Gasteiger partial charge in [0.25, 0.3) is 0 Å². The Kier molecular flexibility index (Phi) is 2.18. The van der Waals surface area contributed by atoms with Crippen LogP contribution in [0.3, 0.4) is 0 Å². The fourth-order valence-electron chi connectivity index (χ4n) is 1.47. The first-order valence-corrected chi connectivity index (χ1v) is 3.94. The third-order valence-corrected chi connectivity index (χ3v) is 2.10. The van der Waals surface area contributed by atoms with E-state index in [-0.39, 0.29) is 17.4 Å². The van der Waals surface area contributed by atoms with Crippen LogP contribution in [-0.4, -0.2) is 18.1 Å². The van der Waals surface area contributed by atoms with E-state index in [0.717, 1.165) is 12.8 Å². The van der Waals surface area contributed by atoms with E-state index in [0.29, 0.717) is 6.61 Å². The first-order valence-electron chi connectivity index (χ1n) is 3.94. The van der Waals surface area contributed by atoms with Crippen molar-refractivity contribution in [1.29, 1.82) is 0 Å². The fraction of sp³-hybridized carbons (Fsp3) is 0.875. The van der Waals surface area contributed by atoms with E-state index in [2.05, 4.69) is 0 Å². The molecule has 2 N–H and O–H groups in total. The van der Waals surface area contributed by atoms with Crippen LogP contribution in [0.1, 0.15) is 26.7 Å². The molecule has 3 heteroatoms. The Balaban J connectivity index is 2.53. The zero-order valence-electron chi connectivity index (χ0n) is 7.09. The highest BCUT2D eigenvalue weighted by atomic mass is 16.5. The quantitative estimate of drug-likeness (QED) is 0.608. The standard InChI is InChI=1S/C8H15NO2/c1-8(2)5-6(7(9)10)3-4-11-8/h6H,3-5H2,1-2H3,(H2,9,10). The molecule has 1 fully saturated rings. The van der Waals surface area contributed by atoms with Crippen LogP contribution in [0.15, 0.2) is 0 Å². The molecule has 0 saturated carbocycles. The molecule has 0 aromatic rings. The number of hydrogen-bond donors (Lipinski definition) is 1. The first-order chi connectivity index (χ1) is 5.01. The van der Waals surface area contributed by atoms with Crippen LogP contribution in [0.25, 0.3) is 0 Å². The summed E-state index contributed by atoms with van der Waals surface area (Å²) < 4.78 is 5.44. The normalized spacial score (nSPS) is 29.8. The molecule has 1 unspecified atom stereocenters. The maximum Gasteiger partial charge on any atom is 0.220 e. The van der Waals surface area contributed by atoms with Gasteiger partial charge in [0.15, 0.2) is 0 Å². The van der Waals surface area contributed by atoms with Crippen LogP contribution in [0.2, 0.25) is 0 Å². The van der Waals surface area contributed by atoms with Crippen LogP contribution in [0, 0.1) is 5.92 Å².